The van der Waals surface area contributed by atoms with Gasteiger partial charge in [-0.05, 0) is 48.6 Å². The summed E-state index contributed by atoms with van der Waals surface area (Å²) in [5, 5.41) is 2.92. The number of likely N-dealkylation sites (tertiary alicyclic amines) is 1. The van der Waals surface area contributed by atoms with E-state index >= 15 is 0 Å². The number of urea groups is 1. The average Bonchev–Trinajstić information content (AvgIpc) is 3.03. The highest BCUT2D eigenvalue weighted by atomic mass is 16.2. The molecule has 0 unspecified atom stereocenters. The van der Waals surface area contributed by atoms with Gasteiger partial charge >= 0.3 is 6.03 Å². The number of carbonyl (C=O) groups is 2. The molecular formula is C22H27N3O2. The lowest BCUT2D eigenvalue weighted by molar-refractivity contribution is -0.131. The lowest BCUT2D eigenvalue weighted by Gasteiger charge is -2.24. The van der Waals surface area contributed by atoms with Crippen molar-refractivity contribution in [3.8, 4) is 0 Å². The summed E-state index contributed by atoms with van der Waals surface area (Å²) in [4.78, 5) is 28.7. The van der Waals surface area contributed by atoms with Crippen LogP contribution in [0, 0.1) is 6.92 Å². The van der Waals surface area contributed by atoms with Crippen LogP contribution < -0.4 is 5.32 Å². The third-order valence-electron chi connectivity index (χ3n) is 5.25. The fourth-order valence-electron chi connectivity index (χ4n) is 3.53. The predicted octanol–water partition coefficient (Wildman–Crippen LogP) is 3.82. The van der Waals surface area contributed by atoms with Crippen LogP contribution >= 0.6 is 0 Å². The highest BCUT2D eigenvalue weighted by Gasteiger charge is 2.36. The van der Waals surface area contributed by atoms with Crippen molar-refractivity contribution in [2.24, 2.45) is 0 Å². The Labute approximate surface area is 161 Å². The highest BCUT2D eigenvalue weighted by Crippen LogP contribution is 2.21. The van der Waals surface area contributed by atoms with E-state index in [9.17, 15) is 9.59 Å². The first-order valence-corrected chi connectivity index (χ1v) is 9.45. The van der Waals surface area contributed by atoms with Crippen molar-refractivity contribution in [2.75, 3.05) is 18.9 Å². The summed E-state index contributed by atoms with van der Waals surface area (Å²) in [5.41, 5.74) is 4.29. The Morgan fingerprint density at radius 2 is 1.96 bits per heavy atom. The fraction of sp³-hybridized carbons (Fsp3) is 0.364. The van der Waals surface area contributed by atoms with Gasteiger partial charge in [-0.25, -0.2) is 4.79 Å². The molecule has 0 aromatic heterocycles. The van der Waals surface area contributed by atoms with E-state index in [1.165, 1.54) is 16.0 Å². The zero-order valence-electron chi connectivity index (χ0n) is 16.2. The van der Waals surface area contributed by atoms with Crippen LogP contribution in [0.5, 0.6) is 0 Å². The molecule has 2 aromatic rings. The Hall–Kier alpha value is -2.82. The van der Waals surface area contributed by atoms with E-state index < -0.39 is 6.04 Å². The largest absolute Gasteiger partial charge is 0.336 e. The maximum absolute atomic E-state index is 12.8. The van der Waals surface area contributed by atoms with Gasteiger partial charge < -0.3 is 15.1 Å². The third-order valence-corrected chi connectivity index (χ3v) is 5.25. The van der Waals surface area contributed by atoms with E-state index in [0.29, 0.717) is 19.5 Å². The second-order valence-corrected chi connectivity index (χ2v) is 7.09. The Bertz CT molecular complexity index is 820. The molecule has 2 aromatic carbocycles. The van der Waals surface area contributed by atoms with E-state index in [0.717, 1.165) is 17.7 Å². The molecule has 5 heteroatoms. The minimum atomic E-state index is -0.412. The van der Waals surface area contributed by atoms with Gasteiger partial charge in [-0.15, -0.1) is 0 Å². The van der Waals surface area contributed by atoms with Gasteiger partial charge in [-0.1, -0.05) is 43.3 Å². The monoisotopic (exact) mass is 365 g/mol. The van der Waals surface area contributed by atoms with Gasteiger partial charge in [0.05, 0.1) is 0 Å². The zero-order valence-corrected chi connectivity index (χ0v) is 16.2. The van der Waals surface area contributed by atoms with Gasteiger partial charge in [-0.2, -0.15) is 0 Å². The van der Waals surface area contributed by atoms with Crippen LogP contribution in [0.3, 0.4) is 0 Å². The van der Waals surface area contributed by atoms with Gasteiger partial charge in [0.25, 0.3) is 0 Å². The van der Waals surface area contributed by atoms with Crippen molar-refractivity contribution in [1.82, 2.24) is 9.80 Å². The van der Waals surface area contributed by atoms with Crippen molar-refractivity contribution in [3.05, 3.63) is 65.2 Å². The summed E-state index contributed by atoms with van der Waals surface area (Å²) in [6.45, 7) is 5.41. The van der Waals surface area contributed by atoms with Crippen molar-refractivity contribution in [3.63, 3.8) is 0 Å². The van der Waals surface area contributed by atoms with Gasteiger partial charge in [0.15, 0.2) is 0 Å². The number of hydrogen-bond acceptors (Lipinski definition) is 2. The molecular weight excluding hydrogens is 338 g/mol. The van der Waals surface area contributed by atoms with E-state index in [4.69, 9.17) is 0 Å². The number of aryl methyl sites for hydroxylation is 2. The molecule has 3 rings (SSSR count). The van der Waals surface area contributed by atoms with Crippen LogP contribution in [0.1, 0.15) is 30.0 Å². The number of nitrogens with zero attached hydrogens (tertiary/aromatic N) is 2. The van der Waals surface area contributed by atoms with E-state index in [1.807, 2.05) is 53.4 Å². The molecule has 27 heavy (non-hydrogen) atoms. The molecule has 1 N–H and O–H groups in total. The van der Waals surface area contributed by atoms with Crippen LogP contribution in [0.4, 0.5) is 10.5 Å². The predicted molar refractivity (Wildman–Crippen MR) is 108 cm³/mol. The van der Waals surface area contributed by atoms with Gasteiger partial charge in [0.1, 0.15) is 6.04 Å². The molecule has 0 bridgehead atoms. The van der Waals surface area contributed by atoms with Gasteiger partial charge in [0.2, 0.25) is 5.91 Å². The Morgan fingerprint density at radius 3 is 2.67 bits per heavy atom. The van der Waals surface area contributed by atoms with Crippen LogP contribution in [0.25, 0.3) is 0 Å². The number of nitrogens with one attached hydrogen (secondary N) is 1. The minimum Gasteiger partial charge on any atom is -0.336 e. The summed E-state index contributed by atoms with van der Waals surface area (Å²) >= 11 is 0. The minimum absolute atomic E-state index is 0.00894. The van der Waals surface area contributed by atoms with E-state index in [-0.39, 0.29) is 11.9 Å². The molecule has 0 aliphatic carbocycles. The summed E-state index contributed by atoms with van der Waals surface area (Å²) < 4.78 is 0. The summed E-state index contributed by atoms with van der Waals surface area (Å²) in [6.07, 6.45) is 1.57. The number of likely N-dealkylation sites (N-methyl/N-ethyl adjacent to an activating group) is 1. The maximum atomic E-state index is 12.8. The molecule has 1 heterocycles. The van der Waals surface area contributed by atoms with Gasteiger partial charge in [-0.3, -0.25) is 4.79 Å². The van der Waals surface area contributed by atoms with Crippen molar-refractivity contribution >= 4 is 17.6 Å². The lowest BCUT2D eigenvalue weighted by atomic mass is 10.1. The second-order valence-electron chi connectivity index (χ2n) is 7.09. The molecule has 1 saturated heterocycles. The number of benzene rings is 2. The first kappa shape index (κ1) is 19.0. The standard InChI is InChI=1S/C22H27N3O2/c1-4-18-14-19(11-10-16(18)2)23-22(27)24(3)20-12-13-25(21(20)26)15-17-8-6-5-7-9-17/h5-11,14,20H,4,12-13,15H2,1-3H3,(H,23,27)/t20-/m1/s1. The van der Waals surface area contributed by atoms with E-state index in [2.05, 4.69) is 19.2 Å². The molecule has 0 spiro atoms. The number of carbonyl (C=O) groups excluding carboxylic acids is 2. The van der Waals surface area contributed by atoms with Crippen LogP contribution in [-0.2, 0) is 17.8 Å². The smallest absolute Gasteiger partial charge is 0.322 e. The molecule has 142 valence electrons. The Balaban J connectivity index is 1.62. The number of amides is 3. The normalized spacial score (nSPS) is 16.5. The van der Waals surface area contributed by atoms with Crippen LogP contribution in [0.2, 0.25) is 0 Å². The third kappa shape index (κ3) is 4.30. The first-order chi connectivity index (χ1) is 13.0. The Kier molecular flexibility index (Phi) is 5.79. The molecule has 0 radical (unpaired) electrons. The van der Waals surface area contributed by atoms with Crippen molar-refractivity contribution < 1.29 is 9.59 Å². The SMILES string of the molecule is CCc1cc(NC(=O)N(C)[C@@H]2CCN(Cc3ccccc3)C2=O)ccc1C. The highest BCUT2D eigenvalue weighted by molar-refractivity contribution is 5.94. The van der Waals surface area contributed by atoms with Gasteiger partial charge in [0, 0.05) is 25.8 Å². The fourth-order valence-corrected chi connectivity index (χ4v) is 3.53. The molecule has 3 amide bonds. The van der Waals surface area contributed by atoms with Crippen molar-refractivity contribution in [1.29, 1.82) is 0 Å². The number of hydrogen-bond donors (Lipinski definition) is 1. The van der Waals surface area contributed by atoms with Crippen molar-refractivity contribution in [2.45, 2.75) is 39.3 Å². The first-order valence-electron chi connectivity index (χ1n) is 9.45. The summed E-state index contributed by atoms with van der Waals surface area (Å²) in [7, 11) is 1.69. The molecule has 0 saturated carbocycles. The summed E-state index contributed by atoms with van der Waals surface area (Å²) in [5.74, 6) is 0.00894. The molecule has 1 atom stereocenters. The second kappa shape index (κ2) is 8.25. The zero-order chi connectivity index (χ0) is 19.4. The topological polar surface area (TPSA) is 52.7 Å². The lowest BCUT2D eigenvalue weighted by Crippen LogP contribution is -2.44. The average molecular weight is 365 g/mol. The maximum Gasteiger partial charge on any atom is 0.322 e. The molecule has 5 nitrogen and oxygen atoms in total. The number of rotatable bonds is 5. The quantitative estimate of drug-likeness (QED) is 0.876. The summed E-state index contributed by atoms with van der Waals surface area (Å²) in [6, 6.07) is 15.2. The van der Waals surface area contributed by atoms with Crippen LogP contribution in [0.15, 0.2) is 48.5 Å². The molecule has 1 aliphatic heterocycles. The number of anilines is 1. The molecule has 1 fully saturated rings. The Morgan fingerprint density at radius 1 is 1.22 bits per heavy atom. The van der Waals surface area contributed by atoms with E-state index in [1.54, 1.807) is 7.05 Å². The molecule has 1 aliphatic rings. The van der Waals surface area contributed by atoms with Crippen LogP contribution in [-0.4, -0.2) is 41.4 Å².